The number of halogens is 2. The van der Waals surface area contributed by atoms with Gasteiger partial charge in [0.15, 0.2) is 0 Å². The number of rotatable bonds is 7. The Morgan fingerprint density at radius 3 is 2.08 bits per heavy atom. The Morgan fingerprint density at radius 2 is 1.50 bits per heavy atom. The summed E-state index contributed by atoms with van der Waals surface area (Å²) >= 11 is 1.02. The monoisotopic (exact) mass is 381 g/mol. The molecule has 2 amide bonds. The fraction of sp³-hybridized carbons (Fsp3) is 0.125. The van der Waals surface area contributed by atoms with Crippen molar-refractivity contribution in [2.45, 2.75) is 0 Å². The van der Waals surface area contributed by atoms with Crippen LogP contribution in [-0.2, 0) is 9.59 Å². The Hall–Kier alpha value is -3.01. The minimum atomic E-state index is -1.00. The Morgan fingerprint density at radius 1 is 0.962 bits per heavy atom. The Kier molecular flexibility index (Phi) is 6.61. The standard InChI is InChI=1S/C16H13F2N3O4S/c17-10-1-3-11(4-2-10)19-15(22)8-26-9-16(23)20-12-5-6-13(18)14(7-12)21(24)25/h1-7H,8-9H2,(H,19,22)(H,20,23). The van der Waals surface area contributed by atoms with Crippen molar-refractivity contribution in [1.82, 2.24) is 0 Å². The van der Waals surface area contributed by atoms with Crippen molar-refractivity contribution in [3.8, 4) is 0 Å². The fourth-order valence-electron chi connectivity index (χ4n) is 1.89. The van der Waals surface area contributed by atoms with Crippen molar-refractivity contribution < 1.29 is 23.3 Å². The van der Waals surface area contributed by atoms with E-state index in [1.165, 1.54) is 30.3 Å². The zero-order valence-corrected chi connectivity index (χ0v) is 14.0. The van der Waals surface area contributed by atoms with Crippen molar-refractivity contribution in [2.24, 2.45) is 0 Å². The van der Waals surface area contributed by atoms with Gasteiger partial charge in [0.2, 0.25) is 17.6 Å². The zero-order chi connectivity index (χ0) is 19.1. The topological polar surface area (TPSA) is 101 Å². The lowest BCUT2D eigenvalue weighted by molar-refractivity contribution is -0.387. The predicted molar refractivity (Wildman–Crippen MR) is 94.0 cm³/mol. The average Bonchev–Trinajstić information content (AvgIpc) is 2.58. The van der Waals surface area contributed by atoms with Crippen molar-refractivity contribution in [2.75, 3.05) is 22.1 Å². The SMILES string of the molecule is O=C(CSCC(=O)Nc1ccc(F)c([N+](=O)[O-])c1)Nc1ccc(F)cc1. The largest absolute Gasteiger partial charge is 0.325 e. The molecule has 0 fully saturated rings. The third-order valence-corrected chi connectivity index (χ3v) is 3.95. The lowest BCUT2D eigenvalue weighted by Crippen LogP contribution is -2.18. The van der Waals surface area contributed by atoms with Gasteiger partial charge in [-0.3, -0.25) is 19.7 Å². The number of hydrogen-bond acceptors (Lipinski definition) is 5. The van der Waals surface area contributed by atoms with Crippen LogP contribution in [0.5, 0.6) is 0 Å². The number of carbonyl (C=O) groups excluding carboxylic acids is 2. The number of thioether (sulfide) groups is 1. The third-order valence-electron chi connectivity index (χ3n) is 3.02. The molecule has 136 valence electrons. The maximum absolute atomic E-state index is 13.2. The fourth-order valence-corrected chi connectivity index (χ4v) is 2.51. The van der Waals surface area contributed by atoms with Gasteiger partial charge in [-0.2, -0.15) is 4.39 Å². The van der Waals surface area contributed by atoms with Gasteiger partial charge in [0.05, 0.1) is 16.4 Å². The first-order chi connectivity index (χ1) is 12.3. The second-order valence-electron chi connectivity index (χ2n) is 5.02. The second-order valence-corrected chi connectivity index (χ2v) is 6.00. The van der Waals surface area contributed by atoms with E-state index in [1.54, 1.807) is 0 Å². The molecule has 10 heteroatoms. The summed E-state index contributed by atoms with van der Waals surface area (Å²) in [6.07, 6.45) is 0. The Balaban J connectivity index is 1.78. The molecule has 7 nitrogen and oxygen atoms in total. The molecule has 0 radical (unpaired) electrons. The molecule has 0 aliphatic rings. The van der Waals surface area contributed by atoms with Gasteiger partial charge in [-0.25, -0.2) is 4.39 Å². The molecule has 2 aromatic rings. The molecule has 0 aromatic heterocycles. The Labute approximate surface area is 150 Å². The highest BCUT2D eigenvalue weighted by atomic mass is 32.2. The molecule has 0 saturated heterocycles. The molecule has 2 N–H and O–H groups in total. The molecule has 0 saturated carbocycles. The van der Waals surface area contributed by atoms with E-state index in [0.29, 0.717) is 5.69 Å². The Bertz CT molecular complexity index is 831. The summed E-state index contributed by atoms with van der Waals surface area (Å²) in [5.74, 6) is -2.39. The number of carbonyl (C=O) groups is 2. The zero-order valence-electron chi connectivity index (χ0n) is 13.2. The van der Waals surface area contributed by atoms with Crippen LogP contribution in [-0.4, -0.2) is 28.2 Å². The van der Waals surface area contributed by atoms with Crippen molar-refractivity contribution in [3.05, 3.63) is 64.2 Å². The highest BCUT2D eigenvalue weighted by molar-refractivity contribution is 8.00. The molecule has 0 unspecified atom stereocenters. The second kappa shape index (κ2) is 8.90. The average molecular weight is 381 g/mol. The van der Waals surface area contributed by atoms with Gasteiger partial charge in [-0.05, 0) is 36.4 Å². The first-order valence-corrected chi connectivity index (χ1v) is 8.37. The highest BCUT2D eigenvalue weighted by Gasteiger charge is 2.15. The van der Waals surface area contributed by atoms with Crippen LogP contribution in [0.4, 0.5) is 25.8 Å². The number of nitrogens with one attached hydrogen (secondary N) is 2. The van der Waals surface area contributed by atoms with Crippen LogP contribution in [0, 0.1) is 21.7 Å². The molecule has 26 heavy (non-hydrogen) atoms. The molecule has 0 heterocycles. The van der Waals surface area contributed by atoms with Gasteiger partial charge < -0.3 is 10.6 Å². The van der Waals surface area contributed by atoms with Crippen molar-refractivity contribution >= 4 is 40.6 Å². The van der Waals surface area contributed by atoms with E-state index in [9.17, 15) is 28.5 Å². The first kappa shape index (κ1) is 19.3. The summed E-state index contributed by atoms with van der Waals surface area (Å²) in [6, 6.07) is 8.23. The summed E-state index contributed by atoms with van der Waals surface area (Å²) in [7, 11) is 0. The lowest BCUT2D eigenvalue weighted by atomic mass is 10.2. The van der Waals surface area contributed by atoms with E-state index in [4.69, 9.17) is 0 Å². The highest BCUT2D eigenvalue weighted by Crippen LogP contribution is 2.21. The third kappa shape index (κ3) is 5.81. The molecular formula is C16H13F2N3O4S. The number of nitrogens with zero attached hydrogens (tertiary/aromatic N) is 1. The molecule has 0 spiro atoms. The molecule has 2 rings (SSSR count). The summed E-state index contributed by atoms with van der Waals surface area (Å²) in [5, 5.41) is 15.6. The molecule has 2 aromatic carbocycles. The number of nitro benzene ring substituents is 1. The van der Waals surface area contributed by atoms with E-state index in [2.05, 4.69) is 10.6 Å². The summed E-state index contributed by atoms with van der Waals surface area (Å²) in [5.41, 5.74) is -0.228. The normalized spacial score (nSPS) is 10.2. The quantitative estimate of drug-likeness (QED) is 0.567. The summed E-state index contributed by atoms with van der Waals surface area (Å²) in [6.45, 7) is 0. The number of benzene rings is 2. The molecular weight excluding hydrogens is 368 g/mol. The maximum Gasteiger partial charge on any atom is 0.306 e. The lowest BCUT2D eigenvalue weighted by Gasteiger charge is -2.06. The van der Waals surface area contributed by atoms with Crippen molar-refractivity contribution in [3.63, 3.8) is 0 Å². The smallest absolute Gasteiger partial charge is 0.306 e. The maximum atomic E-state index is 13.2. The van der Waals surface area contributed by atoms with Crippen LogP contribution in [0.1, 0.15) is 0 Å². The molecule has 0 atom stereocenters. The number of anilines is 2. The van der Waals surface area contributed by atoms with Gasteiger partial charge in [0.25, 0.3) is 0 Å². The molecule has 0 aliphatic heterocycles. The van der Waals surface area contributed by atoms with Gasteiger partial charge in [-0.1, -0.05) is 0 Å². The van der Waals surface area contributed by atoms with E-state index >= 15 is 0 Å². The van der Waals surface area contributed by atoms with E-state index in [-0.39, 0.29) is 23.1 Å². The van der Waals surface area contributed by atoms with Gasteiger partial charge in [-0.15, -0.1) is 11.8 Å². The van der Waals surface area contributed by atoms with E-state index in [1.807, 2.05) is 0 Å². The van der Waals surface area contributed by atoms with Crippen LogP contribution in [0.3, 0.4) is 0 Å². The van der Waals surface area contributed by atoms with Crippen LogP contribution < -0.4 is 10.6 Å². The number of nitro groups is 1. The summed E-state index contributed by atoms with van der Waals surface area (Å²) in [4.78, 5) is 33.3. The van der Waals surface area contributed by atoms with Crippen LogP contribution in [0.25, 0.3) is 0 Å². The predicted octanol–water partition coefficient (Wildman–Crippen LogP) is 3.18. The van der Waals surface area contributed by atoms with E-state index in [0.717, 1.165) is 23.9 Å². The summed E-state index contributed by atoms with van der Waals surface area (Å²) < 4.78 is 26.0. The van der Waals surface area contributed by atoms with Gasteiger partial charge in [0.1, 0.15) is 5.82 Å². The van der Waals surface area contributed by atoms with Crippen molar-refractivity contribution in [1.29, 1.82) is 0 Å². The molecule has 0 aliphatic carbocycles. The van der Waals surface area contributed by atoms with E-state index < -0.39 is 28.2 Å². The minimum Gasteiger partial charge on any atom is -0.325 e. The van der Waals surface area contributed by atoms with Crippen LogP contribution >= 0.6 is 11.8 Å². The number of amides is 2. The first-order valence-electron chi connectivity index (χ1n) is 7.22. The molecule has 0 bridgehead atoms. The van der Waals surface area contributed by atoms with Gasteiger partial charge >= 0.3 is 5.69 Å². The minimum absolute atomic E-state index is 0.0195. The van der Waals surface area contributed by atoms with Crippen LogP contribution in [0.15, 0.2) is 42.5 Å². The number of hydrogen-bond donors (Lipinski definition) is 2. The van der Waals surface area contributed by atoms with Gasteiger partial charge in [0, 0.05) is 17.4 Å². The van der Waals surface area contributed by atoms with Crippen LogP contribution in [0.2, 0.25) is 0 Å².